The molecule has 2 aromatic carbocycles. The molecular weight excluding hydrogens is 395 g/mol. The van der Waals surface area contributed by atoms with Gasteiger partial charge in [-0.25, -0.2) is 0 Å². The largest absolute Gasteiger partial charge is 0.488 e. The van der Waals surface area contributed by atoms with Gasteiger partial charge < -0.3 is 15.0 Å². The van der Waals surface area contributed by atoms with Gasteiger partial charge in [-0.2, -0.15) is 0 Å². The number of nitrogens with one attached hydrogen (secondary N) is 1. The zero-order valence-electron chi connectivity index (χ0n) is 16.2. The molecule has 2 aromatic rings. The molecule has 4 nitrogen and oxygen atoms in total. The lowest BCUT2D eigenvalue weighted by Crippen LogP contribution is -2.39. The number of benzene rings is 2. The van der Waals surface area contributed by atoms with Crippen LogP contribution in [0.5, 0.6) is 5.75 Å². The van der Waals surface area contributed by atoms with E-state index in [0.717, 1.165) is 38.0 Å². The molecule has 1 aliphatic rings. The molecule has 0 radical (unpaired) electrons. The van der Waals surface area contributed by atoms with Crippen LogP contribution in [-0.4, -0.2) is 37.5 Å². The van der Waals surface area contributed by atoms with Gasteiger partial charge in [0.15, 0.2) is 0 Å². The first-order chi connectivity index (χ1) is 13.2. The Hall–Kier alpha value is -1.75. The van der Waals surface area contributed by atoms with E-state index in [1.807, 2.05) is 60.5 Å². The maximum absolute atomic E-state index is 13.0. The van der Waals surface area contributed by atoms with E-state index < -0.39 is 0 Å². The minimum Gasteiger partial charge on any atom is -0.488 e. The molecule has 0 bridgehead atoms. The number of hydrogen-bond acceptors (Lipinski definition) is 3. The van der Waals surface area contributed by atoms with E-state index in [-0.39, 0.29) is 18.3 Å². The number of halogens is 2. The van der Waals surface area contributed by atoms with Crippen molar-refractivity contribution in [2.45, 2.75) is 25.9 Å². The Labute approximate surface area is 178 Å². The molecular formula is C22H28Cl2N2O2. The van der Waals surface area contributed by atoms with Crippen molar-refractivity contribution in [3.05, 3.63) is 64.7 Å². The lowest BCUT2D eigenvalue weighted by molar-refractivity contribution is 0.0682. The number of carbonyl (C=O) groups excluding carboxylic acids is 1. The summed E-state index contributed by atoms with van der Waals surface area (Å²) in [6, 6.07) is 15.1. The number of nitrogens with zero attached hydrogens (tertiary/aromatic N) is 1. The Kier molecular flexibility index (Phi) is 9.10. The van der Waals surface area contributed by atoms with Crippen molar-refractivity contribution in [2.75, 3.05) is 26.7 Å². The van der Waals surface area contributed by atoms with Gasteiger partial charge in [0.05, 0.1) is 5.56 Å². The topological polar surface area (TPSA) is 41.6 Å². The van der Waals surface area contributed by atoms with E-state index in [1.54, 1.807) is 0 Å². The first-order valence-electron chi connectivity index (χ1n) is 9.58. The van der Waals surface area contributed by atoms with Crippen molar-refractivity contribution in [2.24, 2.45) is 5.92 Å². The molecule has 0 spiro atoms. The van der Waals surface area contributed by atoms with Crippen LogP contribution in [0, 0.1) is 5.92 Å². The van der Waals surface area contributed by atoms with Gasteiger partial charge in [0, 0.05) is 23.7 Å². The van der Waals surface area contributed by atoms with Gasteiger partial charge in [-0.1, -0.05) is 41.9 Å². The van der Waals surface area contributed by atoms with Crippen LogP contribution in [0.25, 0.3) is 0 Å². The monoisotopic (exact) mass is 422 g/mol. The highest BCUT2D eigenvalue weighted by molar-refractivity contribution is 6.31. The quantitative estimate of drug-likeness (QED) is 0.696. The van der Waals surface area contributed by atoms with Gasteiger partial charge in [0.2, 0.25) is 0 Å². The minimum atomic E-state index is 0. The number of rotatable bonds is 7. The normalized spacial score (nSPS) is 14.4. The highest BCUT2D eigenvalue weighted by Gasteiger charge is 2.25. The van der Waals surface area contributed by atoms with Crippen molar-refractivity contribution in [3.8, 4) is 5.75 Å². The molecule has 152 valence electrons. The summed E-state index contributed by atoms with van der Waals surface area (Å²) >= 11 is 6.20. The summed E-state index contributed by atoms with van der Waals surface area (Å²) in [6.07, 6.45) is 3.31. The van der Waals surface area contributed by atoms with E-state index in [1.165, 1.54) is 6.42 Å². The maximum Gasteiger partial charge on any atom is 0.257 e. The van der Waals surface area contributed by atoms with Crippen molar-refractivity contribution < 1.29 is 9.53 Å². The molecule has 1 heterocycles. The zero-order chi connectivity index (χ0) is 19.1. The lowest BCUT2D eigenvalue weighted by Gasteiger charge is -2.32. The first kappa shape index (κ1) is 22.5. The molecule has 3 rings (SSSR count). The zero-order valence-corrected chi connectivity index (χ0v) is 17.8. The molecule has 1 N–H and O–H groups in total. The summed E-state index contributed by atoms with van der Waals surface area (Å²) < 4.78 is 5.95. The summed E-state index contributed by atoms with van der Waals surface area (Å²) in [7, 11) is 1.98. The molecule has 0 aromatic heterocycles. The highest BCUT2D eigenvalue weighted by atomic mass is 35.5. The summed E-state index contributed by atoms with van der Waals surface area (Å²) in [5.74, 6) is 1.37. The van der Waals surface area contributed by atoms with Crippen molar-refractivity contribution in [3.63, 3.8) is 0 Å². The van der Waals surface area contributed by atoms with Crippen molar-refractivity contribution in [1.29, 1.82) is 0 Å². The third-order valence-electron chi connectivity index (χ3n) is 5.16. The second-order valence-electron chi connectivity index (χ2n) is 7.00. The molecule has 1 aliphatic heterocycles. The molecule has 0 saturated carbocycles. The maximum atomic E-state index is 13.0. The molecule has 0 unspecified atom stereocenters. The summed E-state index contributed by atoms with van der Waals surface area (Å²) in [5.41, 5.74) is 1.53. The van der Waals surface area contributed by atoms with Crippen LogP contribution in [0.3, 0.4) is 0 Å². The van der Waals surface area contributed by atoms with Crippen LogP contribution in [0.1, 0.15) is 35.2 Å². The number of amides is 1. The average Bonchev–Trinajstić information content (AvgIpc) is 2.72. The van der Waals surface area contributed by atoms with E-state index in [0.29, 0.717) is 28.9 Å². The average molecular weight is 423 g/mol. The van der Waals surface area contributed by atoms with Gasteiger partial charge in [-0.15, -0.1) is 12.4 Å². The molecule has 1 saturated heterocycles. The van der Waals surface area contributed by atoms with Crippen molar-refractivity contribution in [1.82, 2.24) is 10.2 Å². The number of ether oxygens (including phenoxy) is 1. The van der Waals surface area contributed by atoms with Crippen LogP contribution in [-0.2, 0) is 6.61 Å². The second kappa shape index (κ2) is 11.3. The third kappa shape index (κ3) is 5.87. The van der Waals surface area contributed by atoms with Crippen LogP contribution < -0.4 is 10.1 Å². The number of piperidine rings is 1. The number of hydrogen-bond donors (Lipinski definition) is 1. The minimum absolute atomic E-state index is 0. The number of carbonyl (C=O) groups is 1. The molecule has 0 atom stereocenters. The standard InChI is InChI=1S/C22H27ClN2O2.ClH/c1-24-13-10-17-11-14-25(15-12-17)22(26)19-7-3-5-9-21(19)27-16-18-6-2-4-8-20(18)23;/h2-9,17,24H,10-16H2,1H3;1H. The fraction of sp³-hybridized carbons (Fsp3) is 0.409. The third-order valence-corrected chi connectivity index (χ3v) is 5.53. The Morgan fingerprint density at radius 1 is 1.14 bits per heavy atom. The predicted octanol–water partition coefficient (Wildman–Crippen LogP) is 4.80. The van der Waals surface area contributed by atoms with Gasteiger partial charge in [-0.3, -0.25) is 4.79 Å². The van der Waals surface area contributed by atoms with Crippen LogP contribution in [0.15, 0.2) is 48.5 Å². The SMILES string of the molecule is CNCCC1CCN(C(=O)c2ccccc2OCc2ccccc2Cl)CC1.Cl. The van der Waals surface area contributed by atoms with Crippen molar-refractivity contribution >= 4 is 29.9 Å². The first-order valence-corrected chi connectivity index (χ1v) is 9.96. The van der Waals surface area contributed by atoms with Gasteiger partial charge in [-0.05, 0) is 57.0 Å². The summed E-state index contributed by atoms with van der Waals surface area (Å²) in [4.78, 5) is 15.0. The molecule has 1 amide bonds. The molecule has 6 heteroatoms. The highest BCUT2D eigenvalue weighted by Crippen LogP contribution is 2.26. The lowest BCUT2D eigenvalue weighted by atomic mass is 9.93. The fourth-order valence-corrected chi connectivity index (χ4v) is 3.67. The van der Waals surface area contributed by atoms with Gasteiger partial charge in [0.1, 0.15) is 12.4 Å². The van der Waals surface area contributed by atoms with E-state index in [9.17, 15) is 4.79 Å². The van der Waals surface area contributed by atoms with E-state index >= 15 is 0 Å². The Morgan fingerprint density at radius 3 is 2.54 bits per heavy atom. The smallest absolute Gasteiger partial charge is 0.257 e. The summed E-state index contributed by atoms with van der Waals surface area (Å²) in [5, 5.41) is 3.88. The van der Waals surface area contributed by atoms with Gasteiger partial charge in [0.25, 0.3) is 5.91 Å². The van der Waals surface area contributed by atoms with E-state index in [2.05, 4.69) is 5.32 Å². The van der Waals surface area contributed by atoms with E-state index in [4.69, 9.17) is 16.3 Å². The Bertz CT molecular complexity index is 762. The Morgan fingerprint density at radius 2 is 1.82 bits per heavy atom. The number of para-hydroxylation sites is 1. The van der Waals surface area contributed by atoms with Crippen LogP contribution >= 0.6 is 24.0 Å². The van der Waals surface area contributed by atoms with Gasteiger partial charge >= 0.3 is 0 Å². The van der Waals surface area contributed by atoms with Crippen LogP contribution in [0.2, 0.25) is 5.02 Å². The predicted molar refractivity (Wildman–Crippen MR) is 117 cm³/mol. The molecule has 0 aliphatic carbocycles. The second-order valence-corrected chi connectivity index (χ2v) is 7.41. The fourth-order valence-electron chi connectivity index (χ4n) is 3.48. The Balaban J connectivity index is 0.00000280. The molecule has 28 heavy (non-hydrogen) atoms. The number of likely N-dealkylation sites (tertiary alicyclic amines) is 1. The molecule has 1 fully saturated rings. The summed E-state index contributed by atoms with van der Waals surface area (Å²) in [6.45, 7) is 3.01. The van der Waals surface area contributed by atoms with Crippen LogP contribution in [0.4, 0.5) is 0 Å².